The minimum absolute atomic E-state index is 0.0461. The number of rotatable bonds is 10. The molecule has 4 N–H and O–H groups in total. The fraction of sp³-hybridized carbons (Fsp3) is 0.727. The number of hydrogen-bond donors (Lipinski definition) is 4. The van der Waals surface area contributed by atoms with E-state index in [2.05, 4.69) is 47.4 Å². The average molecular weight is 423 g/mol. The molecule has 2 heterocycles. The van der Waals surface area contributed by atoms with Crippen molar-refractivity contribution in [2.45, 2.75) is 76.3 Å². The van der Waals surface area contributed by atoms with Crippen LogP contribution in [-0.2, 0) is 9.59 Å². The summed E-state index contributed by atoms with van der Waals surface area (Å²) in [5.74, 6) is -0.522. The van der Waals surface area contributed by atoms with Gasteiger partial charge in [0, 0.05) is 37.3 Å². The van der Waals surface area contributed by atoms with Crippen molar-refractivity contribution >= 4 is 11.8 Å². The lowest BCUT2D eigenvalue weighted by Gasteiger charge is -2.55. The lowest BCUT2D eigenvalue weighted by atomic mass is 9.81. The van der Waals surface area contributed by atoms with Gasteiger partial charge in [-0.1, -0.05) is 13.2 Å². The maximum absolute atomic E-state index is 12.7. The Morgan fingerprint density at radius 1 is 1.30 bits per heavy atom. The first-order valence-electron chi connectivity index (χ1n) is 10.6. The second-order valence-electron chi connectivity index (χ2n) is 9.66. The van der Waals surface area contributed by atoms with E-state index >= 15 is 0 Å². The summed E-state index contributed by atoms with van der Waals surface area (Å²) in [5.41, 5.74) is -1.20. The van der Waals surface area contributed by atoms with Gasteiger partial charge in [0.25, 0.3) is 0 Å². The molecule has 2 aliphatic heterocycles. The molecule has 0 radical (unpaired) electrons. The largest absolute Gasteiger partial charge is 0.394 e. The van der Waals surface area contributed by atoms with E-state index in [1.807, 2.05) is 6.92 Å². The molecule has 30 heavy (non-hydrogen) atoms. The van der Waals surface area contributed by atoms with E-state index in [-0.39, 0.29) is 36.5 Å². The molecule has 3 atom stereocenters. The molecule has 0 aromatic carbocycles. The van der Waals surface area contributed by atoms with Gasteiger partial charge in [0.1, 0.15) is 0 Å². The van der Waals surface area contributed by atoms with E-state index in [1.165, 1.54) is 6.08 Å². The molecule has 0 aliphatic carbocycles. The summed E-state index contributed by atoms with van der Waals surface area (Å²) in [5, 5.41) is 26.2. The van der Waals surface area contributed by atoms with Crippen LogP contribution < -0.4 is 10.6 Å². The molecular weight excluding hydrogens is 384 g/mol. The van der Waals surface area contributed by atoms with Crippen molar-refractivity contribution in [1.82, 2.24) is 20.4 Å². The number of nitrogens with one attached hydrogen (secondary N) is 2. The number of carbonyl (C=O) groups is 2. The van der Waals surface area contributed by atoms with Crippen molar-refractivity contribution < 1.29 is 19.8 Å². The first kappa shape index (κ1) is 24.5. The lowest BCUT2D eigenvalue weighted by molar-refractivity contribution is -0.130. The van der Waals surface area contributed by atoms with E-state index in [4.69, 9.17) is 0 Å². The highest BCUT2D eigenvalue weighted by atomic mass is 16.3. The van der Waals surface area contributed by atoms with Gasteiger partial charge in [-0.25, -0.2) is 0 Å². The third-order valence-electron chi connectivity index (χ3n) is 6.24. The van der Waals surface area contributed by atoms with Crippen LogP contribution in [0, 0.1) is 0 Å². The summed E-state index contributed by atoms with van der Waals surface area (Å²) < 4.78 is 0. The third kappa shape index (κ3) is 5.29. The van der Waals surface area contributed by atoms with Crippen molar-refractivity contribution in [2.75, 3.05) is 26.2 Å². The first-order valence-corrected chi connectivity index (χ1v) is 10.6. The SMILES string of the molecule is C=CC(=O)NC1CN(C(C)CC(=C)C(=O)NC2(CO)CN(C(C)C)C2)C1C(C)(C)O. The van der Waals surface area contributed by atoms with Crippen molar-refractivity contribution in [1.29, 1.82) is 0 Å². The fourth-order valence-electron chi connectivity index (χ4n) is 4.46. The topological polar surface area (TPSA) is 105 Å². The highest BCUT2D eigenvalue weighted by Gasteiger charge is 2.50. The maximum atomic E-state index is 12.7. The molecule has 2 rings (SSSR count). The lowest BCUT2D eigenvalue weighted by Crippen LogP contribution is -2.75. The summed E-state index contributed by atoms with van der Waals surface area (Å²) in [6.07, 6.45) is 1.65. The Labute approximate surface area is 180 Å². The number of carbonyl (C=O) groups excluding carboxylic acids is 2. The van der Waals surface area contributed by atoms with Crippen LogP contribution in [0.5, 0.6) is 0 Å². The summed E-state index contributed by atoms with van der Waals surface area (Å²) in [6.45, 7) is 18.7. The van der Waals surface area contributed by atoms with Gasteiger partial charge in [-0.15, -0.1) is 0 Å². The smallest absolute Gasteiger partial charge is 0.247 e. The van der Waals surface area contributed by atoms with Crippen molar-refractivity contribution in [3.05, 3.63) is 24.8 Å². The van der Waals surface area contributed by atoms with E-state index in [0.29, 0.717) is 37.7 Å². The number of aliphatic hydroxyl groups excluding tert-OH is 1. The second-order valence-corrected chi connectivity index (χ2v) is 9.66. The van der Waals surface area contributed by atoms with Crippen molar-refractivity contribution in [3.63, 3.8) is 0 Å². The monoisotopic (exact) mass is 422 g/mol. The Morgan fingerprint density at radius 2 is 1.90 bits per heavy atom. The summed E-state index contributed by atoms with van der Waals surface area (Å²) >= 11 is 0. The molecule has 2 aliphatic rings. The Morgan fingerprint density at radius 3 is 2.37 bits per heavy atom. The standard InChI is InChI=1S/C22H38N4O4/c1-8-18(28)23-17-10-26(19(17)21(6,7)30)16(5)9-15(4)20(29)24-22(13-27)11-25(12-22)14(2)3/h8,14,16-17,19,27,30H,1,4,9-13H2,2-3,5-7H3,(H,23,28)(H,24,29). The quantitative estimate of drug-likeness (QED) is 0.370. The minimum atomic E-state index is -1.03. The van der Waals surface area contributed by atoms with E-state index in [1.54, 1.807) is 13.8 Å². The van der Waals surface area contributed by atoms with Gasteiger partial charge in [-0.3, -0.25) is 19.4 Å². The predicted octanol–water partition coefficient (Wildman–Crippen LogP) is 0.0184. The predicted molar refractivity (Wildman–Crippen MR) is 117 cm³/mol. The molecule has 0 bridgehead atoms. The van der Waals surface area contributed by atoms with Gasteiger partial charge in [0.05, 0.1) is 29.8 Å². The molecule has 2 fully saturated rings. The van der Waals surface area contributed by atoms with Crippen LogP contribution in [0.15, 0.2) is 24.8 Å². The Hall–Kier alpha value is -1.74. The van der Waals surface area contributed by atoms with Crippen LogP contribution in [0.4, 0.5) is 0 Å². The highest BCUT2D eigenvalue weighted by Crippen LogP contribution is 2.32. The van der Waals surface area contributed by atoms with Gasteiger partial charge in [0.15, 0.2) is 0 Å². The third-order valence-corrected chi connectivity index (χ3v) is 6.24. The zero-order valence-corrected chi connectivity index (χ0v) is 18.9. The molecule has 3 unspecified atom stereocenters. The fourth-order valence-corrected chi connectivity index (χ4v) is 4.46. The average Bonchev–Trinajstić information content (AvgIpc) is 2.58. The molecule has 0 saturated carbocycles. The first-order chi connectivity index (χ1) is 13.8. The molecule has 8 nitrogen and oxygen atoms in total. The Balaban J connectivity index is 1.93. The Bertz CT molecular complexity index is 679. The molecule has 0 aromatic heterocycles. The molecule has 0 spiro atoms. The number of nitrogens with zero attached hydrogens (tertiary/aromatic N) is 2. The zero-order valence-electron chi connectivity index (χ0n) is 18.9. The van der Waals surface area contributed by atoms with Crippen LogP contribution in [0.2, 0.25) is 0 Å². The van der Waals surface area contributed by atoms with Gasteiger partial charge >= 0.3 is 0 Å². The summed E-state index contributed by atoms with van der Waals surface area (Å²) in [7, 11) is 0. The van der Waals surface area contributed by atoms with Crippen LogP contribution in [0.25, 0.3) is 0 Å². The van der Waals surface area contributed by atoms with Crippen molar-refractivity contribution in [3.8, 4) is 0 Å². The van der Waals surface area contributed by atoms with Gasteiger partial charge < -0.3 is 20.8 Å². The Kier molecular flexibility index (Phi) is 7.50. The van der Waals surface area contributed by atoms with Crippen LogP contribution in [0.1, 0.15) is 41.0 Å². The molecule has 170 valence electrons. The zero-order chi connectivity index (χ0) is 22.9. The van der Waals surface area contributed by atoms with Gasteiger partial charge in [0.2, 0.25) is 11.8 Å². The van der Waals surface area contributed by atoms with Gasteiger partial charge in [-0.05, 0) is 47.1 Å². The highest BCUT2D eigenvalue weighted by molar-refractivity contribution is 5.93. The van der Waals surface area contributed by atoms with Crippen LogP contribution in [-0.4, -0.2) is 93.4 Å². The molecule has 0 aromatic rings. The van der Waals surface area contributed by atoms with Crippen LogP contribution >= 0.6 is 0 Å². The molecule has 2 saturated heterocycles. The summed E-state index contributed by atoms with van der Waals surface area (Å²) in [4.78, 5) is 28.6. The minimum Gasteiger partial charge on any atom is -0.394 e. The molecular formula is C22H38N4O4. The normalized spacial score (nSPS) is 25.1. The van der Waals surface area contributed by atoms with E-state index < -0.39 is 11.1 Å². The van der Waals surface area contributed by atoms with Gasteiger partial charge in [-0.2, -0.15) is 0 Å². The van der Waals surface area contributed by atoms with E-state index in [9.17, 15) is 19.8 Å². The summed E-state index contributed by atoms with van der Waals surface area (Å²) in [6, 6.07) is -0.142. The van der Waals surface area contributed by atoms with Crippen molar-refractivity contribution in [2.24, 2.45) is 0 Å². The number of amides is 2. The second kappa shape index (κ2) is 9.18. The van der Waals surface area contributed by atoms with E-state index in [0.717, 1.165) is 0 Å². The molecule has 2 amide bonds. The number of aliphatic hydroxyl groups is 2. The van der Waals surface area contributed by atoms with Crippen LogP contribution in [0.3, 0.4) is 0 Å². The number of hydrogen-bond acceptors (Lipinski definition) is 6. The maximum Gasteiger partial charge on any atom is 0.247 e. The number of likely N-dealkylation sites (tertiary alicyclic amines) is 2. The molecule has 8 heteroatoms.